The van der Waals surface area contributed by atoms with Crippen molar-refractivity contribution in [1.82, 2.24) is 4.68 Å². The number of carbonyl (C=O) groups excluding carboxylic acids is 2. The molecule has 10 heteroatoms. The number of ketones is 1. The van der Waals surface area contributed by atoms with Gasteiger partial charge < -0.3 is 9.47 Å². The normalized spacial score (nSPS) is 23.0. The van der Waals surface area contributed by atoms with Crippen molar-refractivity contribution in [3.05, 3.63) is 92.4 Å². The summed E-state index contributed by atoms with van der Waals surface area (Å²) in [5.41, 5.74) is 1.53. The average Bonchev–Trinajstić information content (AvgIpc) is 3.58. The van der Waals surface area contributed by atoms with Gasteiger partial charge in [0.05, 0.1) is 11.5 Å². The summed E-state index contributed by atoms with van der Waals surface area (Å²) in [5.74, 6) is -2.53. The molecule has 39 heavy (non-hydrogen) atoms. The number of hydrogen-bond donors (Lipinski definition) is 0. The van der Waals surface area contributed by atoms with Crippen LogP contribution in [-0.4, -0.2) is 29.8 Å². The Hall–Kier alpha value is -3.66. The first-order chi connectivity index (χ1) is 18.6. The minimum absolute atomic E-state index is 0.0411. The van der Waals surface area contributed by atoms with E-state index < -0.39 is 41.3 Å². The summed E-state index contributed by atoms with van der Waals surface area (Å²) in [6.45, 7) is 4.97. The topological polar surface area (TPSA) is 77.8 Å². The summed E-state index contributed by atoms with van der Waals surface area (Å²) in [6.07, 6.45) is 2.13. The number of thioether (sulfide) groups is 1. The zero-order valence-electron chi connectivity index (χ0n) is 21.6. The lowest BCUT2D eigenvalue weighted by Crippen LogP contribution is -2.52. The van der Waals surface area contributed by atoms with Gasteiger partial charge in [-0.2, -0.15) is 0 Å². The smallest absolute Gasteiger partial charge is 0.305 e. The van der Waals surface area contributed by atoms with Crippen molar-refractivity contribution in [2.24, 2.45) is 11.3 Å². The second-order valence-electron chi connectivity index (χ2n) is 10.4. The van der Waals surface area contributed by atoms with E-state index in [1.807, 2.05) is 37.1 Å². The fourth-order valence-corrected chi connectivity index (χ4v) is 7.11. The molecule has 3 unspecified atom stereocenters. The van der Waals surface area contributed by atoms with Crippen molar-refractivity contribution in [2.75, 3.05) is 18.3 Å². The van der Waals surface area contributed by atoms with Crippen molar-refractivity contribution in [1.29, 1.82) is 0 Å². The van der Waals surface area contributed by atoms with Crippen LogP contribution in [0.2, 0.25) is 0 Å². The number of ether oxygens (including phenoxy) is 2. The Labute approximate surface area is 227 Å². The van der Waals surface area contributed by atoms with Gasteiger partial charge in [-0.25, -0.2) is 8.78 Å². The second-order valence-corrected chi connectivity index (χ2v) is 11.4. The Morgan fingerprint density at radius 2 is 1.92 bits per heavy atom. The number of pyridine rings is 1. The standard InChI is InChI=1S/C29H26F2N2O5S/c1-15-5-4-6-19-24(18-7-8-21(30)23(31)20(18)12-39-27(15)19)33-13-29(11-16(29)2)28(36)25-26(38-14-37-17(3)34)22(35)9-10-32(25)33/h4-10,16,24H,11-14H2,1-3H3. The first-order valence-corrected chi connectivity index (χ1v) is 13.6. The quantitative estimate of drug-likeness (QED) is 0.337. The van der Waals surface area contributed by atoms with Gasteiger partial charge in [0.1, 0.15) is 0 Å². The number of aromatic nitrogens is 1. The van der Waals surface area contributed by atoms with Crippen molar-refractivity contribution in [3.8, 4) is 5.75 Å². The van der Waals surface area contributed by atoms with Gasteiger partial charge >= 0.3 is 5.97 Å². The molecule has 3 heterocycles. The summed E-state index contributed by atoms with van der Waals surface area (Å²) >= 11 is 1.45. The van der Waals surface area contributed by atoms with Gasteiger partial charge in [-0.15, -0.1) is 11.8 Å². The molecular formula is C29H26F2N2O5S. The highest BCUT2D eigenvalue weighted by atomic mass is 32.2. The van der Waals surface area contributed by atoms with E-state index in [1.165, 1.54) is 30.9 Å². The van der Waals surface area contributed by atoms with E-state index >= 15 is 4.39 Å². The van der Waals surface area contributed by atoms with E-state index in [0.29, 0.717) is 18.5 Å². The number of fused-ring (bicyclic) bond motifs is 3. The van der Waals surface area contributed by atoms with E-state index in [1.54, 1.807) is 10.7 Å². The molecule has 2 aliphatic heterocycles. The number of benzene rings is 2. The summed E-state index contributed by atoms with van der Waals surface area (Å²) in [5, 5.41) is 1.96. The molecule has 3 atom stereocenters. The molecule has 2 aromatic carbocycles. The Kier molecular flexibility index (Phi) is 6.05. The fraction of sp³-hybridized carbons (Fsp3) is 0.345. The van der Waals surface area contributed by atoms with Crippen LogP contribution in [0, 0.1) is 29.9 Å². The van der Waals surface area contributed by atoms with E-state index in [4.69, 9.17) is 9.47 Å². The van der Waals surface area contributed by atoms with Gasteiger partial charge in [-0.3, -0.25) is 24.1 Å². The maximum absolute atomic E-state index is 15.3. The monoisotopic (exact) mass is 552 g/mol. The maximum Gasteiger partial charge on any atom is 0.305 e. The molecule has 0 saturated heterocycles. The number of halogens is 2. The van der Waals surface area contributed by atoms with E-state index in [2.05, 4.69) is 0 Å². The van der Waals surface area contributed by atoms with Crippen LogP contribution in [0.4, 0.5) is 8.78 Å². The van der Waals surface area contributed by atoms with Crippen LogP contribution in [0.5, 0.6) is 5.75 Å². The van der Waals surface area contributed by atoms with Crippen LogP contribution in [0.25, 0.3) is 0 Å². The molecule has 1 aliphatic carbocycles. The molecular weight excluding hydrogens is 526 g/mol. The van der Waals surface area contributed by atoms with Crippen LogP contribution >= 0.6 is 11.8 Å². The summed E-state index contributed by atoms with van der Waals surface area (Å²) in [4.78, 5) is 39.1. The lowest BCUT2D eigenvalue weighted by atomic mass is 9.88. The number of nitrogens with zero attached hydrogens (tertiary/aromatic N) is 2. The van der Waals surface area contributed by atoms with Crippen molar-refractivity contribution in [2.45, 2.75) is 43.9 Å². The number of carbonyl (C=O) groups is 2. The Bertz CT molecular complexity index is 1610. The second kappa shape index (κ2) is 9.22. The van der Waals surface area contributed by atoms with Gasteiger partial charge in [0.25, 0.3) is 0 Å². The molecule has 202 valence electrons. The number of Topliss-reactive ketones (excluding diaryl/α,β-unsaturated/α-hetero) is 1. The molecule has 1 saturated carbocycles. The largest absolute Gasteiger partial charge is 0.451 e. The van der Waals surface area contributed by atoms with Gasteiger partial charge in [-0.1, -0.05) is 31.2 Å². The minimum atomic E-state index is -0.915. The molecule has 3 aromatic rings. The van der Waals surface area contributed by atoms with Crippen LogP contribution < -0.4 is 15.2 Å². The molecule has 1 spiro atoms. The predicted octanol–water partition coefficient (Wildman–Crippen LogP) is 4.89. The lowest BCUT2D eigenvalue weighted by molar-refractivity contribution is -0.147. The molecule has 7 nitrogen and oxygen atoms in total. The molecule has 1 aromatic heterocycles. The SMILES string of the molecule is CC(=O)OCOc1c2n(ccc1=O)N(C1c3ccc(F)c(F)c3CSc3c(C)cccc31)CC1(CC1C)C2=O. The molecule has 0 bridgehead atoms. The van der Waals surface area contributed by atoms with Crippen LogP contribution in [0.3, 0.4) is 0 Å². The summed E-state index contributed by atoms with van der Waals surface area (Å²) < 4.78 is 41.8. The Morgan fingerprint density at radius 3 is 2.64 bits per heavy atom. The molecule has 0 amide bonds. The fourth-order valence-electron chi connectivity index (χ4n) is 5.89. The maximum atomic E-state index is 15.3. The third kappa shape index (κ3) is 3.95. The van der Waals surface area contributed by atoms with Gasteiger partial charge in [-0.05, 0) is 42.0 Å². The van der Waals surface area contributed by atoms with E-state index in [-0.39, 0.29) is 34.5 Å². The van der Waals surface area contributed by atoms with Crippen molar-refractivity contribution < 1.29 is 27.8 Å². The third-order valence-electron chi connectivity index (χ3n) is 8.07. The molecule has 3 aliphatic rings. The summed E-state index contributed by atoms with van der Waals surface area (Å²) in [6, 6.07) is 9.32. The molecule has 0 radical (unpaired) electrons. The van der Waals surface area contributed by atoms with Crippen LogP contribution in [-0.2, 0) is 15.3 Å². The highest BCUT2D eigenvalue weighted by molar-refractivity contribution is 7.98. The number of aryl methyl sites for hydroxylation is 1. The predicted molar refractivity (Wildman–Crippen MR) is 141 cm³/mol. The number of esters is 1. The highest BCUT2D eigenvalue weighted by Crippen LogP contribution is 2.58. The van der Waals surface area contributed by atoms with E-state index in [9.17, 15) is 18.8 Å². The Balaban J connectivity index is 1.60. The Morgan fingerprint density at radius 1 is 1.15 bits per heavy atom. The number of rotatable bonds is 4. The highest BCUT2D eigenvalue weighted by Gasteiger charge is 2.62. The zero-order valence-corrected chi connectivity index (χ0v) is 22.4. The van der Waals surface area contributed by atoms with Crippen molar-refractivity contribution in [3.63, 3.8) is 0 Å². The minimum Gasteiger partial charge on any atom is -0.451 e. The molecule has 1 fully saturated rings. The van der Waals surface area contributed by atoms with Gasteiger partial charge in [0.15, 0.2) is 28.9 Å². The van der Waals surface area contributed by atoms with E-state index in [0.717, 1.165) is 22.1 Å². The number of hydrogen-bond acceptors (Lipinski definition) is 7. The van der Waals surface area contributed by atoms with Gasteiger partial charge in [0, 0.05) is 41.9 Å². The first-order valence-electron chi connectivity index (χ1n) is 12.7. The molecule has 6 rings (SSSR count). The first kappa shape index (κ1) is 25.6. The van der Waals surface area contributed by atoms with Crippen molar-refractivity contribution >= 4 is 23.5 Å². The lowest BCUT2D eigenvalue weighted by Gasteiger charge is -2.43. The zero-order chi connectivity index (χ0) is 27.6. The summed E-state index contributed by atoms with van der Waals surface area (Å²) in [7, 11) is 0. The molecule has 0 N–H and O–H groups in total. The van der Waals surface area contributed by atoms with Gasteiger partial charge in [0.2, 0.25) is 12.2 Å². The van der Waals surface area contributed by atoms with Crippen LogP contribution in [0.1, 0.15) is 59.1 Å². The van der Waals surface area contributed by atoms with Crippen LogP contribution in [0.15, 0.2) is 52.3 Å². The average molecular weight is 553 g/mol. The third-order valence-corrected chi connectivity index (χ3v) is 9.34.